The number of hydrogen-bond donors (Lipinski definition) is 2. The molecule has 0 unspecified atom stereocenters. The standard InChI is InChI=1S/C19H12BrClN2O6/c20-11-2-1-3-12(8-11)23-18(27)13(17(26)22-19(23)28)6-10-4-5-15(14(21)7-10)29-9-16(24)25/h1-8H,9H2,(H,24,25)(H,22,26,28)/b13-6+. The van der Waals surface area contributed by atoms with E-state index in [0.29, 0.717) is 10.0 Å². The molecular formula is C19H12BrClN2O6. The van der Waals surface area contributed by atoms with Crippen LogP contribution < -0.4 is 15.0 Å². The summed E-state index contributed by atoms with van der Waals surface area (Å²) in [4.78, 5) is 48.7. The van der Waals surface area contributed by atoms with Crippen LogP contribution in [0, 0.1) is 0 Å². The quantitative estimate of drug-likeness (QED) is 0.503. The third kappa shape index (κ3) is 4.64. The van der Waals surface area contributed by atoms with E-state index in [1.807, 2.05) is 0 Å². The summed E-state index contributed by atoms with van der Waals surface area (Å²) in [5.74, 6) is -2.65. The lowest BCUT2D eigenvalue weighted by Crippen LogP contribution is -2.54. The van der Waals surface area contributed by atoms with E-state index >= 15 is 0 Å². The van der Waals surface area contributed by atoms with Gasteiger partial charge in [-0.05, 0) is 42.0 Å². The number of aliphatic carboxylic acids is 1. The first kappa shape index (κ1) is 20.6. The molecule has 8 nitrogen and oxygen atoms in total. The Balaban J connectivity index is 1.92. The number of nitrogens with zero attached hydrogens (tertiary/aromatic N) is 1. The highest BCUT2D eigenvalue weighted by atomic mass is 79.9. The number of imide groups is 2. The van der Waals surface area contributed by atoms with Crippen LogP contribution in [0.15, 0.2) is 52.5 Å². The highest BCUT2D eigenvalue weighted by molar-refractivity contribution is 9.10. The number of carboxylic acids is 1. The molecule has 2 aromatic carbocycles. The van der Waals surface area contributed by atoms with Gasteiger partial charge in [-0.3, -0.25) is 14.9 Å². The smallest absolute Gasteiger partial charge is 0.341 e. The van der Waals surface area contributed by atoms with E-state index in [0.717, 1.165) is 4.90 Å². The second-order valence-corrected chi connectivity index (χ2v) is 7.13. The van der Waals surface area contributed by atoms with Gasteiger partial charge in [0, 0.05) is 4.47 Å². The molecule has 0 aliphatic carbocycles. The molecule has 10 heteroatoms. The number of anilines is 1. The van der Waals surface area contributed by atoms with Crippen LogP contribution in [0.25, 0.3) is 6.08 Å². The number of amides is 4. The summed E-state index contributed by atoms with van der Waals surface area (Å²) in [7, 11) is 0. The van der Waals surface area contributed by atoms with E-state index in [4.69, 9.17) is 21.4 Å². The Labute approximate surface area is 177 Å². The summed E-state index contributed by atoms with van der Waals surface area (Å²) in [6, 6.07) is 9.97. The lowest BCUT2D eigenvalue weighted by Gasteiger charge is -2.26. The minimum atomic E-state index is -1.16. The van der Waals surface area contributed by atoms with Gasteiger partial charge in [-0.15, -0.1) is 0 Å². The van der Waals surface area contributed by atoms with E-state index in [2.05, 4.69) is 21.2 Å². The summed E-state index contributed by atoms with van der Waals surface area (Å²) in [5.41, 5.74) is 0.412. The number of carbonyl (C=O) groups excluding carboxylic acids is 3. The SMILES string of the molecule is O=C(O)COc1ccc(/C=C2\C(=O)NC(=O)N(c3cccc(Br)c3)C2=O)cc1Cl. The minimum Gasteiger partial charge on any atom is -0.480 e. The van der Waals surface area contributed by atoms with Gasteiger partial charge in [0.15, 0.2) is 6.61 Å². The van der Waals surface area contributed by atoms with Crippen molar-refractivity contribution in [2.24, 2.45) is 0 Å². The Morgan fingerprint density at radius 2 is 1.97 bits per heavy atom. The molecule has 2 N–H and O–H groups in total. The number of benzene rings is 2. The molecule has 1 aliphatic rings. The van der Waals surface area contributed by atoms with Gasteiger partial charge < -0.3 is 9.84 Å². The maximum atomic E-state index is 12.8. The normalized spacial score (nSPS) is 15.4. The van der Waals surface area contributed by atoms with E-state index in [-0.39, 0.29) is 22.0 Å². The van der Waals surface area contributed by atoms with Gasteiger partial charge in [0.25, 0.3) is 11.8 Å². The zero-order valence-electron chi connectivity index (χ0n) is 14.5. The van der Waals surface area contributed by atoms with E-state index < -0.39 is 30.4 Å². The summed E-state index contributed by atoms with van der Waals surface area (Å²) in [6.45, 7) is -0.565. The number of carboxylic acid groups (broad SMARTS) is 1. The summed E-state index contributed by atoms with van der Waals surface area (Å²) in [5, 5.41) is 10.9. The Bertz CT molecular complexity index is 1070. The van der Waals surface area contributed by atoms with Crippen LogP contribution in [0.5, 0.6) is 5.75 Å². The molecule has 0 atom stereocenters. The van der Waals surface area contributed by atoms with Crippen LogP contribution in [0.4, 0.5) is 10.5 Å². The van der Waals surface area contributed by atoms with Crippen LogP contribution in [0.3, 0.4) is 0 Å². The molecule has 0 aromatic heterocycles. The highest BCUT2D eigenvalue weighted by Crippen LogP contribution is 2.28. The number of hydrogen-bond acceptors (Lipinski definition) is 5. The second-order valence-electron chi connectivity index (χ2n) is 5.81. The van der Waals surface area contributed by atoms with Crippen molar-refractivity contribution in [2.75, 3.05) is 11.5 Å². The molecule has 1 aliphatic heterocycles. The van der Waals surface area contributed by atoms with Crippen LogP contribution >= 0.6 is 27.5 Å². The van der Waals surface area contributed by atoms with Gasteiger partial charge >= 0.3 is 12.0 Å². The monoisotopic (exact) mass is 478 g/mol. The fourth-order valence-electron chi connectivity index (χ4n) is 2.54. The first-order valence-electron chi connectivity index (χ1n) is 8.07. The largest absolute Gasteiger partial charge is 0.480 e. The maximum Gasteiger partial charge on any atom is 0.341 e. The Morgan fingerprint density at radius 1 is 1.21 bits per heavy atom. The van der Waals surface area contributed by atoms with Gasteiger partial charge in [-0.1, -0.05) is 39.7 Å². The molecule has 4 amide bonds. The van der Waals surface area contributed by atoms with E-state index in [9.17, 15) is 19.2 Å². The number of barbiturate groups is 1. The third-order valence-corrected chi connectivity index (χ3v) is 4.57. The summed E-state index contributed by atoms with van der Waals surface area (Å²) in [6.07, 6.45) is 1.28. The topological polar surface area (TPSA) is 113 Å². The lowest BCUT2D eigenvalue weighted by molar-refractivity contribution is -0.139. The molecule has 2 aromatic rings. The van der Waals surface area contributed by atoms with Crippen molar-refractivity contribution in [1.29, 1.82) is 0 Å². The predicted octanol–water partition coefficient (Wildman–Crippen LogP) is 3.23. The molecule has 1 heterocycles. The Hall–Kier alpha value is -3.17. The number of halogens is 2. The molecule has 148 valence electrons. The average Bonchev–Trinajstić information content (AvgIpc) is 2.64. The molecule has 3 rings (SSSR count). The number of ether oxygens (including phenoxy) is 1. The van der Waals surface area contributed by atoms with Gasteiger partial charge in [-0.25, -0.2) is 14.5 Å². The summed E-state index contributed by atoms with van der Waals surface area (Å²) >= 11 is 9.34. The molecule has 0 spiro atoms. The van der Waals surface area contributed by atoms with Gasteiger partial charge in [0.05, 0.1) is 10.7 Å². The van der Waals surface area contributed by atoms with Crippen molar-refractivity contribution in [2.45, 2.75) is 0 Å². The van der Waals surface area contributed by atoms with Crippen molar-refractivity contribution in [3.8, 4) is 5.75 Å². The maximum absolute atomic E-state index is 12.8. The molecule has 0 bridgehead atoms. The minimum absolute atomic E-state index is 0.101. The molecule has 0 saturated carbocycles. The van der Waals surface area contributed by atoms with E-state index in [1.54, 1.807) is 24.3 Å². The van der Waals surface area contributed by atoms with Crippen molar-refractivity contribution < 1.29 is 29.0 Å². The van der Waals surface area contributed by atoms with Crippen LogP contribution in [-0.4, -0.2) is 35.5 Å². The zero-order valence-corrected chi connectivity index (χ0v) is 16.9. The van der Waals surface area contributed by atoms with Crippen molar-refractivity contribution in [3.05, 3.63) is 63.1 Å². The van der Waals surface area contributed by atoms with Gasteiger partial charge in [0.2, 0.25) is 0 Å². The number of urea groups is 1. The average molecular weight is 480 g/mol. The molecule has 0 radical (unpaired) electrons. The fourth-order valence-corrected chi connectivity index (χ4v) is 3.17. The van der Waals surface area contributed by atoms with Crippen molar-refractivity contribution in [3.63, 3.8) is 0 Å². The fraction of sp³-hybridized carbons (Fsp3) is 0.0526. The summed E-state index contributed by atoms with van der Waals surface area (Å²) < 4.78 is 5.68. The van der Waals surface area contributed by atoms with Crippen LogP contribution in [0.2, 0.25) is 5.02 Å². The second kappa shape index (κ2) is 8.46. The Morgan fingerprint density at radius 3 is 2.62 bits per heavy atom. The Kier molecular flexibility index (Phi) is 6.00. The molecule has 1 fully saturated rings. The first-order chi connectivity index (χ1) is 13.8. The number of rotatable bonds is 5. The van der Waals surface area contributed by atoms with Crippen molar-refractivity contribution in [1.82, 2.24) is 5.32 Å². The number of nitrogens with one attached hydrogen (secondary N) is 1. The van der Waals surface area contributed by atoms with Crippen LogP contribution in [-0.2, 0) is 14.4 Å². The third-order valence-electron chi connectivity index (χ3n) is 3.79. The predicted molar refractivity (Wildman–Crippen MR) is 108 cm³/mol. The lowest BCUT2D eigenvalue weighted by atomic mass is 10.1. The van der Waals surface area contributed by atoms with E-state index in [1.165, 1.54) is 24.3 Å². The van der Waals surface area contributed by atoms with Crippen LogP contribution in [0.1, 0.15) is 5.56 Å². The zero-order chi connectivity index (χ0) is 21.1. The highest BCUT2D eigenvalue weighted by Gasteiger charge is 2.36. The molecule has 1 saturated heterocycles. The van der Waals surface area contributed by atoms with Crippen molar-refractivity contribution >= 4 is 63.1 Å². The molecular weight excluding hydrogens is 468 g/mol. The number of carbonyl (C=O) groups is 4. The van der Waals surface area contributed by atoms with Gasteiger partial charge in [0.1, 0.15) is 11.3 Å². The van der Waals surface area contributed by atoms with Gasteiger partial charge in [-0.2, -0.15) is 0 Å². The molecule has 29 heavy (non-hydrogen) atoms. The first-order valence-corrected chi connectivity index (χ1v) is 9.24.